The molecule has 2 aromatic rings. The summed E-state index contributed by atoms with van der Waals surface area (Å²) >= 11 is 3.29. The molecule has 0 unspecified atom stereocenters. The van der Waals surface area contributed by atoms with Crippen molar-refractivity contribution in [3.8, 4) is 0 Å². The van der Waals surface area contributed by atoms with Gasteiger partial charge in [-0.05, 0) is 42.5 Å². The van der Waals surface area contributed by atoms with Gasteiger partial charge in [0.2, 0.25) is 0 Å². The van der Waals surface area contributed by atoms with E-state index in [4.69, 9.17) is 0 Å². The van der Waals surface area contributed by atoms with Crippen molar-refractivity contribution in [3.63, 3.8) is 0 Å². The Morgan fingerprint density at radius 3 is 1.79 bits per heavy atom. The summed E-state index contributed by atoms with van der Waals surface area (Å²) in [5.41, 5.74) is 0.977. The summed E-state index contributed by atoms with van der Waals surface area (Å²) in [5.74, 6) is -1.62. The minimum absolute atomic E-state index is 0.131. The Bertz CT molecular complexity index is 752. The molecular weight excluding hydrogens is 378 g/mol. The van der Waals surface area contributed by atoms with Gasteiger partial charge in [0.15, 0.2) is 0 Å². The summed E-state index contributed by atoms with van der Waals surface area (Å²) in [7, 11) is 2.46. The van der Waals surface area contributed by atoms with E-state index in [0.29, 0.717) is 5.56 Å². The van der Waals surface area contributed by atoms with Crippen LogP contribution in [0.15, 0.2) is 46.9 Å². The Labute approximate surface area is 146 Å². The van der Waals surface area contributed by atoms with Crippen molar-refractivity contribution in [1.29, 1.82) is 0 Å². The Balaban J connectivity index is 2.34. The van der Waals surface area contributed by atoms with Gasteiger partial charge in [-0.2, -0.15) is 0 Å². The fourth-order valence-corrected chi connectivity index (χ4v) is 2.24. The lowest BCUT2D eigenvalue weighted by molar-refractivity contribution is 0.0599. The molecule has 0 saturated heterocycles. The molecule has 1 N–H and O–H groups in total. The van der Waals surface area contributed by atoms with Crippen LogP contribution in [0.5, 0.6) is 0 Å². The molecule has 2 rings (SSSR count). The highest BCUT2D eigenvalue weighted by atomic mass is 79.9. The zero-order valence-electron chi connectivity index (χ0n) is 13.0. The van der Waals surface area contributed by atoms with Crippen molar-refractivity contribution >= 4 is 39.5 Å². The zero-order chi connectivity index (χ0) is 17.7. The molecule has 2 aromatic carbocycles. The van der Waals surface area contributed by atoms with Gasteiger partial charge in [0.25, 0.3) is 5.91 Å². The van der Waals surface area contributed by atoms with Crippen LogP contribution in [0.1, 0.15) is 31.1 Å². The second-order valence-corrected chi connectivity index (χ2v) is 5.66. The van der Waals surface area contributed by atoms with Gasteiger partial charge in [0.05, 0.1) is 25.3 Å². The van der Waals surface area contributed by atoms with E-state index in [9.17, 15) is 14.4 Å². The Morgan fingerprint density at radius 2 is 1.33 bits per heavy atom. The molecule has 0 bridgehead atoms. The quantitative estimate of drug-likeness (QED) is 0.808. The highest BCUT2D eigenvalue weighted by Gasteiger charge is 2.15. The first kappa shape index (κ1) is 17.7. The van der Waals surface area contributed by atoms with Gasteiger partial charge in [0.1, 0.15) is 0 Å². The third-order valence-corrected chi connectivity index (χ3v) is 3.67. The van der Waals surface area contributed by atoms with Gasteiger partial charge in [-0.3, -0.25) is 4.79 Å². The van der Waals surface area contributed by atoms with Gasteiger partial charge in [-0.15, -0.1) is 0 Å². The van der Waals surface area contributed by atoms with Gasteiger partial charge in [-0.25, -0.2) is 9.59 Å². The van der Waals surface area contributed by atoms with Crippen LogP contribution in [0, 0.1) is 0 Å². The van der Waals surface area contributed by atoms with Gasteiger partial charge >= 0.3 is 11.9 Å². The van der Waals surface area contributed by atoms with Crippen LogP contribution >= 0.6 is 15.9 Å². The maximum atomic E-state index is 12.3. The van der Waals surface area contributed by atoms with Crippen LogP contribution < -0.4 is 5.32 Å². The lowest BCUT2D eigenvalue weighted by Gasteiger charge is -2.09. The van der Waals surface area contributed by atoms with Crippen LogP contribution in [-0.4, -0.2) is 32.1 Å². The molecule has 0 saturated carbocycles. The van der Waals surface area contributed by atoms with Gasteiger partial charge < -0.3 is 14.8 Å². The number of nitrogens with one attached hydrogen (secondary N) is 1. The Morgan fingerprint density at radius 1 is 0.833 bits per heavy atom. The van der Waals surface area contributed by atoms with Crippen molar-refractivity contribution in [1.82, 2.24) is 0 Å². The third-order valence-electron chi connectivity index (χ3n) is 3.14. The summed E-state index contributed by atoms with van der Waals surface area (Å²) in [6, 6.07) is 11.0. The van der Waals surface area contributed by atoms with E-state index in [2.05, 4.69) is 30.7 Å². The maximum Gasteiger partial charge on any atom is 0.337 e. The minimum Gasteiger partial charge on any atom is -0.465 e. The number of anilines is 1. The molecule has 0 spiro atoms. The first-order valence-corrected chi connectivity index (χ1v) is 7.62. The summed E-state index contributed by atoms with van der Waals surface area (Å²) in [4.78, 5) is 35.7. The van der Waals surface area contributed by atoms with E-state index in [1.807, 2.05) is 0 Å². The highest BCUT2D eigenvalue weighted by molar-refractivity contribution is 9.10. The van der Waals surface area contributed by atoms with Crippen molar-refractivity contribution in [2.45, 2.75) is 0 Å². The lowest BCUT2D eigenvalue weighted by Crippen LogP contribution is -2.14. The number of carbonyl (C=O) groups excluding carboxylic acids is 3. The monoisotopic (exact) mass is 391 g/mol. The number of hydrogen-bond acceptors (Lipinski definition) is 5. The number of esters is 2. The predicted octanol–water partition coefficient (Wildman–Crippen LogP) is 3.27. The fourth-order valence-electron chi connectivity index (χ4n) is 1.98. The smallest absolute Gasteiger partial charge is 0.337 e. The van der Waals surface area contributed by atoms with Crippen molar-refractivity contribution < 1.29 is 23.9 Å². The molecule has 0 aliphatic rings. The molecule has 7 heteroatoms. The lowest BCUT2D eigenvalue weighted by atomic mass is 10.1. The first-order chi connectivity index (χ1) is 11.4. The van der Waals surface area contributed by atoms with E-state index >= 15 is 0 Å². The molecule has 6 nitrogen and oxygen atoms in total. The summed E-state index contributed by atoms with van der Waals surface area (Å²) in [6.45, 7) is 0. The molecule has 0 heterocycles. The first-order valence-electron chi connectivity index (χ1n) is 6.83. The Kier molecular flexibility index (Phi) is 5.70. The molecule has 0 aliphatic heterocycles. The molecule has 0 aromatic heterocycles. The molecule has 0 fully saturated rings. The van der Waals surface area contributed by atoms with E-state index in [1.165, 1.54) is 32.4 Å². The molecule has 124 valence electrons. The highest BCUT2D eigenvalue weighted by Crippen LogP contribution is 2.18. The molecule has 0 aliphatic carbocycles. The number of rotatable bonds is 4. The van der Waals surface area contributed by atoms with Gasteiger partial charge in [-0.1, -0.05) is 15.9 Å². The average Bonchev–Trinajstić information content (AvgIpc) is 2.60. The van der Waals surface area contributed by atoms with Crippen molar-refractivity contribution in [2.75, 3.05) is 19.5 Å². The summed E-state index contributed by atoms with van der Waals surface area (Å²) < 4.78 is 10.2. The molecule has 0 radical (unpaired) electrons. The number of benzene rings is 2. The van der Waals surface area contributed by atoms with Crippen molar-refractivity contribution in [3.05, 3.63) is 63.6 Å². The van der Waals surface area contributed by atoms with E-state index < -0.39 is 11.9 Å². The number of amides is 1. The normalized spacial score (nSPS) is 9.96. The second kappa shape index (κ2) is 7.74. The number of halogens is 1. The number of ether oxygens (including phenoxy) is 2. The zero-order valence-corrected chi connectivity index (χ0v) is 14.5. The molecule has 1 amide bonds. The van der Waals surface area contributed by atoms with Crippen molar-refractivity contribution in [2.24, 2.45) is 0 Å². The van der Waals surface area contributed by atoms with Crippen LogP contribution in [0.3, 0.4) is 0 Å². The molecule has 24 heavy (non-hydrogen) atoms. The van der Waals surface area contributed by atoms with E-state index in [-0.39, 0.29) is 22.7 Å². The predicted molar refractivity (Wildman–Crippen MR) is 91.2 cm³/mol. The second-order valence-electron chi connectivity index (χ2n) is 4.74. The third kappa shape index (κ3) is 4.20. The topological polar surface area (TPSA) is 81.7 Å². The van der Waals surface area contributed by atoms with Crippen LogP contribution in [0.4, 0.5) is 5.69 Å². The summed E-state index contributed by atoms with van der Waals surface area (Å²) in [5, 5.41) is 2.65. The average molecular weight is 392 g/mol. The van der Waals surface area contributed by atoms with Crippen LogP contribution in [0.2, 0.25) is 0 Å². The fraction of sp³-hybridized carbons (Fsp3) is 0.118. The van der Waals surface area contributed by atoms with E-state index in [1.54, 1.807) is 24.3 Å². The number of hydrogen-bond donors (Lipinski definition) is 1. The molecular formula is C17H14BrNO5. The van der Waals surface area contributed by atoms with Crippen LogP contribution in [0.25, 0.3) is 0 Å². The standard InChI is InChI=1S/C17H14BrNO5/c1-23-16(21)11-7-12(17(22)24-2)9-14(8-11)19-15(20)10-3-5-13(18)6-4-10/h3-9H,1-2H3,(H,19,20). The minimum atomic E-state index is -0.625. The Hall–Kier alpha value is -2.67. The molecule has 0 atom stereocenters. The largest absolute Gasteiger partial charge is 0.465 e. The van der Waals surface area contributed by atoms with Crippen LogP contribution in [-0.2, 0) is 9.47 Å². The number of methoxy groups -OCH3 is 2. The van der Waals surface area contributed by atoms with Gasteiger partial charge in [0, 0.05) is 15.7 Å². The SMILES string of the molecule is COC(=O)c1cc(NC(=O)c2ccc(Br)cc2)cc(C(=O)OC)c1. The summed E-state index contributed by atoms with van der Waals surface area (Å²) in [6.07, 6.45) is 0. The van der Waals surface area contributed by atoms with E-state index in [0.717, 1.165) is 4.47 Å². The number of carbonyl (C=O) groups is 3. The maximum absolute atomic E-state index is 12.3.